The van der Waals surface area contributed by atoms with E-state index in [1.807, 2.05) is 0 Å². The van der Waals surface area contributed by atoms with Gasteiger partial charge in [0.2, 0.25) is 0 Å². The molecule has 0 amide bonds. The molecule has 0 bridgehead atoms. The SMILES string of the molecule is CCCCCCCCC=CCCCCCCCCC1([NH])CCCC1. The molecule has 0 atom stereocenters. The van der Waals surface area contributed by atoms with Crippen LogP contribution in [0.3, 0.4) is 0 Å². The van der Waals surface area contributed by atoms with Gasteiger partial charge in [-0.25, -0.2) is 0 Å². The molecule has 0 aromatic heterocycles. The summed E-state index contributed by atoms with van der Waals surface area (Å²) in [4.78, 5) is 0. The molecule has 0 aromatic carbocycles. The monoisotopic (exact) mass is 334 g/mol. The van der Waals surface area contributed by atoms with Gasteiger partial charge in [-0.3, -0.25) is 5.73 Å². The van der Waals surface area contributed by atoms with Crippen molar-refractivity contribution in [2.45, 2.75) is 134 Å². The summed E-state index contributed by atoms with van der Waals surface area (Å²) in [5.74, 6) is 0. The highest BCUT2D eigenvalue weighted by Gasteiger charge is 2.29. The van der Waals surface area contributed by atoms with Gasteiger partial charge in [0.05, 0.1) is 0 Å². The summed E-state index contributed by atoms with van der Waals surface area (Å²) in [5, 5.41) is 0. The summed E-state index contributed by atoms with van der Waals surface area (Å²) >= 11 is 0. The van der Waals surface area contributed by atoms with Crippen LogP contribution in [0.2, 0.25) is 0 Å². The summed E-state index contributed by atoms with van der Waals surface area (Å²) in [7, 11) is 0. The van der Waals surface area contributed by atoms with E-state index < -0.39 is 0 Å². The quantitative estimate of drug-likeness (QED) is 0.201. The third kappa shape index (κ3) is 12.1. The number of unbranched alkanes of at least 4 members (excludes halogenated alkanes) is 12. The lowest BCUT2D eigenvalue weighted by molar-refractivity contribution is 0.370. The van der Waals surface area contributed by atoms with Crippen LogP contribution in [0.1, 0.15) is 129 Å². The molecule has 0 spiro atoms. The Balaban J connectivity index is 1.75. The highest BCUT2D eigenvalue weighted by Crippen LogP contribution is 2.33. The number of allylic oxidation sites excluding steroid dienone is 2. The minimum Gasteiger partial charge on any atom is -0.251 e. The second kappa shape index (κ2) is 15.0. The maximum Gasteiger partial charge on any atom is 0.0324 e. The van der Waals surface area contributed by atoms with Gasteiger partial charge in [-0.05, 0) is 44.9 Å². The molecule has 1 N–H and O–H groups in total. The van der Waals surface area contributed by atoms with Crippen LogP contribution in [0, 0.1) is 0 Å². The van der Waals surface area contributed by atoms with Crippen LogP contribution >= 0.6 is 0 Å². The molecule has 24 heavy (non-hydrogen) atoms. The van der Waals surface area contributed by atoms with Crippen molar-refractivity contribution in [2.24, 2.45) is 0 Å². The van der Waals surface area contributed by atoms with E-state index in [9.17, 15) is 0 Å². The van der Waals surface area contributed by atoms with Crippen LogP contribution < -0.4 is 5.73 Å². The summed E-state index contributed by atoms with van der Waals surface area (Å²) in [6.07, 6.45) is 30.1. The zero-order chi connectivity index (χ0) is 17.3. The molecule has 1 saturated carbocycles. The van der Waals surface area contributed by atoms with Gasteiger partial charge in [-0.1, -0.05) is 96.1 Å². The Morgan fingerprint density at radius 1 is 0.667 bits per heavy atom. The van der Waals surface area contributed by atoms with E-state index in [-0.39, 0.29) is 5.54 Å². The molecule has 141 valence electrons. The average Bonchev–Trinajstić information content (AvgIpc) is 3.01. The van der Waals surface area contributed by atoms with Gasteiger partial charge < -0.3 is 0 Å². The van der Waals surface area contributed by atoms with E-state index in [4.69, 9.17) is 5.73 Å². The lowest BCUT2D eigenvalue weighted by atomic mass is 9.91. The third-order valence-corrected chi connectivity index (χ3v) is 5.73. The molecule has 1 nitrogen and oxygen atoms in total. The molecule has 0 unspecified atom stereocenters. The van der Waals surface area contributed by atoms with Crippen molar-refractivity contribution in [3.05, 3.63) is 12.2 Å². The first-order valence-corrected chi connectivity index (χ1v) is 11.2. The molecule has 1 fully saturated rings. The molecule has 1 heteroatoms. The average molecular weight is 335 g/mol. The van der Waals surface area contributed by atoms with E-state index in [0.717, 1.165) is 19.3 Å². The van der Waals surface area contributed by atoms with Gasteiger partial charge in [0.15, 0.2) is 0 Å². The van der Waals surface area contributed by atoms with Gasteiger partial charge in [-0.15, -0.1) is 0 Å². The maximum atomic E-state index is 8.36. The van der Waals surface area contributed by atoms with Crippen molar-refractivity contribution in [2.75, 3.05) is 0 Å². The minimum atomic E-state index is -0.0270. The van der Waals surface area contributed by atoms with Gasteiger partial charge >= 0.3 is 0 Å². The fraction of sp³-hybridized carbons (Fsp3) is 0.913. The number of hydrogen-bond donors (Lipinski definition) is 0. The van der Waals surface area contributed by atoms with Crippen molar-refractivity contribution in [1.29, 1.82) is 0 Å². The molecule has 0 aliphatic heterocycles. The molecule has 1 aliphatic carbocycles. The lowest BCUT2D eigenvalue weighted by Gasteiger charge is -2.21. The Bertz CT molecular complexity index is 288. The summed E-state index contributed by atoms with van der Waals surface area (Å²) in [5.41, 5.74) is 8.33. The fourth-order valence-electron chi connectivity index (χ4n) is 4.01. The highest BCUT2D eigenvalue weighted by molar-refractivity contribution is 4.88. The van der Waals surface area contributed by atoms with Gasteiger partial charge in [-0.2, -0.15) is 0 Å². The van der Waals surface area contributed by atoms with Crippen molar-refractivity contribution in [1.82, 2.24) is 5.73 Å². The number of hydrogen-bond acceptors (Lipinski definition) is 0. The fourth-order valence-corrected chi connectivity index (χ4v) is 4.01. The van der Waals surface area contributed by atoms with Crippen LogP contribution in [-0.2, 0) is 0 Å². The molecule has 1 radical (unpaired) electrons. The summed E-state index contributed by atoms with van der Waals surface area (Å²) in [6.45, 7) is 2.28. The Morgan fingerprint density at radius 3 is 1.67 bits per heavy atom. The van der Waals surface area contributed by atoms with Gasteiger partial charge in [0, 0.05) is 5.54 Å². The number of rotatable bonds is 16. The van der Waals surface area contributed by atoms with Crippen LogP contribution in [0.25, 0.3) is 0 Å². The molecule has 1 aliphatic rings. The molecule has 1 rings (SSSR count). The van der Waals surface area contributed by atoms with Crippen molar-refractivity contribution in [3.63, 3.8) is 0 Å². The smallest absolute Gasteiger partial charge is 0.0324 e. The van der Waals surface area contributed by atoms with Crippen molar-refractivity contribution in [3.8, 4) is 0 Å². The summed E-state index contributed by atoms with van der Waals surface area (Å²) < 4.78 is 0. The van der Waals surface area contributed by atoms with E-state index >= 15 is 0 Å². The van der Waals surface area contributed by atoms with E-state index in [1.54, 1.807) is 0 Å². The van der Waals surface area contributed by atoms with Crippen LogP contribution in [-0.4, -0.2) is 5.54 Å². The Morgan fingerprint density at radius 2 is 1.12 bits per heavy atom. The first-order chi connectivity index (χ1) is 11.8. The predicted octanol–water partition coefficient (Wildman–Crippen LogP) is 8.01. The largest absolute Gasteiger partial charge is 0.251 e. The van der Waals surface area contributed by atoms with E-state index in [0.29, 0.717) is 0 Å². The molecule has 0 aromatic rings. The normalized spacial score (nSPS) is 17.1. The van der Waals surface area contributed by atoms with Crippen molar-refractivity contribution >= 4 is 0 Å². The Hall–Kier alpha value is -0.300. The van der Waals surface area contributed by atoms with Crippen molar-refractivity contribution < 1.29 is 0 Å². The maximum absolute atomic E-state index is 8.36. The molecular weight excluding hydrogens is 290 g/mol. The second-order valence-electron chi connectivity index (χ2n) is 8.18. The lowest BCUT2D eigenvalue weighted by Crippen LogP contribution is -2.25. The third-order valence-electron chi connectivity index (χ3n) is 5.73. The van der Waals surface area contributed by atoms with E-state index in [1.165, 1.54) is 103 Å². The van der Waals surface area contributed by atoms with Gasteiger partial charge in [0.25, 0.3) is 0 Å². The standard InChI is InChI=1S/C23H44N/c1-2-3-4-5-6-7-8-9-10-11-12-13-14-15-16-17-20-23(24)21-18-19-22-23/h9-10,24H,2-8,11-22H2,1H3. The molecule has 0 saturated heterocycles. The second-order valence-corrected chi connectivity index (χ2v) is 8.18. The minimum absolute atomic E-state index is 0.0270. The first-order valence-electron chi connectivity index (χ1n) is 11.2. The van der Waals surface area contributed by atoms with Gasteiger partial charge in [0.1, 0.15) is 0 Å². The first kappa shape index (κ1) is 21.7. The zero-order valence-corrected chi connectivity index (χ0v) is 16.6. The van der Waals surface area contributed by atoms with E-state index in [2.05, 4.69) is 19.1 Å². The molecule has 0 heterocycles. The highest BCUT2D eigenvalue weighted by atomic mass is 14.7. The zero-order valence-electron chi connectivity index (χ0n) is 16.6. The molecular formula is C23H44N. The van der Waals surface area contributed by atoms with Crippen LogP contribution in [0.5, 0.6) is 0 Å². The summed E-state index contributed by atoms with van der Waals surface area (Å²) in [6, 6.07) is 0. The Kier molecular flexibility index (Phi) is 13.6. The van der Waals surface area contributed by atoms with Crippen LogP contribution in [0.15, 0.2) is 12.2 Å². The topological polar surface area (TPSA) is 23.8 Å². The predicted molar refractivity (Wildman–Crippen MR) is 108 cm³/mol. The van der Waals surface area contributed by atoms with Crippen LogP contribution in [0.4, 0.5) is 0 Å². The Labute approximate surface area is 152 Å². The number of nitrogens with one attached hydrogen (secondary N) is 1.